The number of hydrogen-bond acceptors (Lipinski definition) is 4. The fourth-order valence-electron chi connectivity index (χ4n) is 15.5. The van der Waals surface area contributed by atoms with Crippen molar-refractivity contribution in [3.05, 3.63) is 147 Å². The molecule has 434 valence electrons. The molecule has 7 aromatic carbocycles. The fourth-order valence-corrected chi connectivity index (χ4v) is 15.5. The maximum atomic E-state index is 13.3. The van der Waals surface area contributed by atoms with Gasteiger partial charge in [0.05, 0.1) is 25.3 Å². The van der Waals surface area contributed by atoms with E-state index in [4.69, 9.17) is 9.47 Å². The number of carbonyl (C=O) groups excluding carboxylic acids is 2. The first kappa shape index (κ1) is 63.2. The Bertz CT molecular complexity index is 3480. The molecule has 4 nitrogen and oxygen atoms in total. The van der Waals surface area contributed by atoms with Crippen molar-refractivity contribution < 1.29 is 19.1 Å². The van der Waals surface area contributed by atoms with E-state index in [-0.39, 0.29) is 0 Å². The maximum Gasteiger partial charge on any atom is 0.339 e. The minimum atomic E-state index is -0.465. The summed E-state index contributed by atoms with van der Waals surface area (Å²) in [4.78, 5) is 26.7. The summed E-state index contributed by atoms with van der Waals surface area (Å²) in [7, 11) is 2.79. The third-order valence-corrected chi connectivity index (χ3v) is 18.8. The summed E-state index contributed by atoms with van der Waals surface area (Å²) in [6.07, 6.45) is 18.8. The molecule has 4 heteroatoms. The maximum absolute atomic E-state index is 13.3. The second kappa shape index (κ2) is 28.3. The topological polar surface area (TPSA) is 52.6 Å². The van der Waals surface area contributed by atoms with Crippen LogP contribution in [0.3, 0.4) is 0 Å². The van der Waals surface area contributed by atoms with E-state index in [0.29, 0.717) is 24.0 Å². The van der Waals surface area contributed by atoms with E-state index in [0.717, 1.165) is 127 Å². The predicted octanol–water partition coefficient (Wildman–Crippen LogP) is 18.8. The van der Waals surface area contributed by atoms with E-state index >= 15 is 0 Å². The van der Waals surface area contributed by atoms with Crippen LogP contribution in [0.1, 0.15) is 256 Å². The van der Waals surface area contributed by atoms with Gasteiger partial charge in [0, 0.05) is 25.7 Å². The van der Waals surface area contributed by atoms with Gasteiger partial charge in [-0.05, 0) is 281 Å². The average Bonchev–Trinajstić information content (AvgIpc) is 3.00. The average molecular weight is 1100 g/mol. The second-order valence-electron chi connectivity index (χ2n) is 22.3. The summed E-state index contributed by atoms with van der Waals surface area (Å²) in [5.41, 5.74) is 29.0. The first-order valence-corrected chi connectivity index (χ1v) is 32.2. The molecule has 0 spiro atoms. The Hall–Kier alpha value is -6.36. The van der Waals surface area contributed by atoms with E-state index in [1.807, 2.05) is 0 Å². The normalized spacial score (nSPS) is 11.7. The van der Waals surface area contributed by atoms with Gasteiger partial charge in [-0.15, -0.1) is 11.8 Å². The molecule has 0 bridgehead atoms. The molecule has 82 heavy (non-hydrogen) atoms. The van der Waals surface area contributed by atoms with E-state index in [9.17, 15) is 9.59 Å². The van der Waals surface area contributed by atoms with Gasteiger partial charge in [-0.3, -0.25) is 0 Å². The van der Waals surface area contributed by atoms with Crippen LogP contribution < -0.4 is 0 Å². The zero-order valence-corrected chi connectivity index (χ0v) is 54.1. The molecular weight excluding hydrogens is 1000 g/mol. The lowest BCUT2D eigenvalue weighted by Gasteiger charge is -2.32. The highest BCUT2D eigenvalue weighted by molar-refractivity contribution is 6.08. The number of fused-ring (bicyclic) bond motifs is 6. The first-order valence-electron chi connectivity index (χ1n) is 32.2. The summed E-state index contributed by atoms with van der Waals surface area (Å²) >= 11 is 0. The van der Waals surface area contributed by atoms with Crippen LogP contribution in [0, 0.1) is 23.7 Å². The van der Waals surface area contributed by atoms with Crippen LogP contribution >= 0.6 is 0 Å². The second-order valence-corrected chi connectivity index (χ2v) is 22.3. The Morgan fingerprint density at radius 3 is 0.707 bits per heavy atom. The number of rotatable bonds is 18. The molecule has 0 unspecified atom stereocenters. The molecule has 0 amide bonds. The fraction of sp³-hybridized carbons (Fsp3) is 0.487. The molecule has 1 aliphatic rings. The minimum Gasteiger partial charge on any atom is -0.465 e. The van der Waals surface area contributed by atoms with Crippen LogP contribution in [0.4, 0.5) is 0 Å². The van der Waals surface area contributed by atoms with E-state index in [1.54, 1.807) is 33.4 Å². The van der Waals surface area contributed by atoms with Crippen molar-refractivity contribution >= 4 is 55.0 Å². The molecule has 0 fully saturated rings. The van der Waals surface area contributed by atoms with Crippen molar-refractivity contribution in [3.63, 3.8) is 0 Å². The smallest absolute Gasteiger partial charge is 0.339 e. The predicted molar refractivity (Wildman–Crippen MR) is 352 cm³/mol. The lowest BCUT2D eigenvalue weighted by Crippen LogP contribution is -2.24. The molecule has 8 rings (SSSR count). The number of methoxy groups -OCH3 is 2. The van der Waals surface area contributed by atoms with Crippen molar-refractivity contribution in [2.45, 2.75) is 239 Å². The number of benzene rings is 7. The summed E-state index contributed by atoms with van der Waals surface area (Å²) in [5.74, 6) is 12.7. The summed E-state index contributed by atoms with van der Waals surface area (Å²) in [5, 5.41) is 11.5. The molecule has 0 aliphatic heterocycles. The Morgan fingerprint density at radius 2 is 0.500 bits per heavy atom. The molecule has 0 N–H and O–H groups in total. The van der Waals surface area contributed by atoms with Crippen molar-refractivity contribution in [3.8, 4) is 23.7 Å². The molecule has 0 radical (unpaired) electrons. The number of esters is 2. The number of aryl methyl sites for hydroxylation is 8. The zero-order chi connectivity index (χ0) is 59.7. The van der Waals surface area contributed by atoms with Gasteiger partial charge in [0.15, 0.2) is 0 Å². The number of ether oxygens (including phenoxy) is 2. The number of hydrogen-bond donors (Lipinski definition) is 0. The third kappa shape index (κ3) is 11.0. The minimum absolute atomic E-state index is 0.384. The zero-order valence-electron chi connectivity index (χ0n) is 54.1. The van der Waals surface area contributed by atoms with Crippen molar-refractivity contribution in [2.24, 2.45) is 0 Å². The van der Waals surface area contributed by atoms with Crippen molar-refractivity contribution in [1.29, 1.82) is 0 Å². The van der Waals surface area contributed by atoms with Crippen LogP contribution in [0.15, 0.2) is 24.3 Å². The Balaban J connectivity index is 0.000000244. The molecule has 0 saturated carbocycles. The monoisotopic (exact) mass is 1100 g/mol. The van der Waals surface area contributed by atoms with Gasteiger partial charge in [0.25, 0.3) is 0 Å². The summed E-state index contributed by atoms with van der Waals surface area (Å²) in [6.45, 7) is 36.2. The van der Waals surface area contributed by atoms with Gasteiger partial charge in [-0.25, -0.2) is 9.59 Å². The van der Waals surface area contributed by atoms with Gasteiger partial charge >= 0.3 is 11.9 Å². The summed E-state index contributed by atoms with van der Waals surface area (Å²) in [6, 6.07) is 10.2. The van der Waals surface area contributed by atoms with Gasteiger partial charge < -0.3 is 9.47 Å². The molecule has 7 aromatic rings. The highest BCUT2D eigenvalue weighted by atomic mass is 16.5. The SMILES string of the molecule is CCC#CCc1c(CC#CCC)c(CC)c2cc3c(CC)c(CC)c(CC)c(CC)c3cc2c1CC.CCc1c2c(c(CC)c(C(=O)OC)c1C(=O)OC)Cc1c(c(CC)c3cc4c(CC)c(CC)c(CC)c(CC)c4cc3c1CC)C2. The molecule has 0 aromatic heterocycles. The van der Waals surface area contributed by atoms with Crippen LogP contribution in [-0.2, 0) is 125 Å². The van der Waals surface area contributed by atoms with Gasteiger partial charge in [-0.1, -0.05) is 123 Å². The molecule has 1 aliphatic carbocycles. The molecule has 0 saturated heterocycles. The van der Waals surface area contributed by atoms with Crippen LogP contribution in [0.5, 0.6) is 0 Å². The Kier molecular flexibility index (Phi) is 21.8. The number of carbonyl (C=O) groups is 2. The lowest BCUT2D eigenvalue weighted by molar-refractivity contribution is 0.0553. The quantitative estimate of drug-likeness (QED) is 0.0488. The van der Waals surface area contributed by atoms with Crippen LogP contribution in [-0.4, -0.2) is 26.2 Å². The lowest BCUT2D eigenvalue weighted by atomic mass is 9.72. The highest BCUT2D eigenvalue weighted by Gasteiger charge is 2.35. The van der Waals surface area contributed by atoms with Crippen molar-refractivity contribution in [1.82, 2.24) is 0 Å². The molecule has 0 heterocycles. The van der Waals surface area contributed by atoms with E-state index in [1.165, 1.54) is 124 Å². The van der Waals surface area contributed by atoms with Gasteiger partial charge in [0.1, 0.15) is 0 Å². The standard InChI is InChI=1S/C42H52O4.C36H46/c1-11-23-24(12-2)26(14-4)32-20-34-28(16-6)36-22-38-30(18-8)40(42(44)46-10)39(41(43)45-9)29(17-7)37(38)21-35(36)27(15-5)33(34)19-31(32)25(23)13-3;1-9-17-19-21-31-29(15-7)35-23-33-27(13-5)25(11-3)26(12-4)28(14-6)34(33)24-36(35)30(16-8)32(31)22-20-18-10-2/h19-20H,11-18,21-22H2,1-10H3;23-24H,9-16,21-22H2,1-8H3. The molecular formula is C78H98O4. The van der Waals surface area contributed by atoms with Gasteiger partial charge in [0.2, 0.25) is 0 Å². The highest BCUT2D eigenvalue weighted by Crippen LogP contribution is 2.46. The van der Waals surface area contributed by atoms with E-state index in [2.05, 4.69) is 159 Å². The molecule has 0 atom stereocenters. The largest absolute Gasteiger partial charge is 0.465 e. The van der Waals surface area contributed by atoms with E-state index < -0.39 is 11.9 Å². The first-order chi connectivity index (χ1) is 39.8. The Labute approximate surface area is 495 Å². The Morgan fingerprint density at radius 1 is 0.293 bits per heavy atom. The van der Waals surface area contributed by atoms with Crippen LogP contribution in [0.25, 0.3) is 43.1 Å². The summed E-state index contributed by atoms with van der Waals surface area (Å²) < 4.78 is 10.6. The third-order valence-electron chi connectivity index (χ3n) is 18.8. The van der Waals surface area contributed by atoms with Crippen molar-refractivity contribution in [2.75, 3.05) is 14.2 Å². The van der Waals surface area contributed by atoms with Gasteiger partial charge in [-0.2, -0.15) is 0 Å². The van der Waals surface area contributed by atoms with Crippen LogP contribution in [0.2, 0.25) is 0 Å².